The highest BCUT2D eigenvalue weighted by Crippen LogP contribution is 2.19. The topological polar surface area (TPSA) is 87.5 Å². The van der Waals surface area contributed by atoms with Gasteiger partial charge in [-0.3, -0.25) is 9.59 Å². The number of nitrogens with one attached hydrogen (secondary N) is 2. The maximum absolute atomic E-state index is 11.9. The molecule has 6 nitrogen and oxygen atoms in total. The van der Waals surface area contributed by atoms with E-state index >= 15 is 0 Å². The van der Waals surface area contributed by atoms with Gasteiger partial charge in [-0.25, -0.2) is 0 Å². The second-order valence-electron chi connectivity index (χ2n) is 7.30. The summed E-state index contributed by atoms with van der Waals surface area (Å²) in [4.78, 5) is 25.8. The summed E-state index contributed by atoms with van der Waals surface area (Å²) in [7, 11) is 3.46. The molecule has 160 valence electrons. The molecule has 0 aromatic rings. The Hall–Kier alpha value is -0.440. The monoisotopic (exact) mass is 420 g/mol. The molecule has 2 amide bonds. The van der Waals surface area contributed by atoms with Crippen molar-refractivity contribution in [2.75, 3.05) is 44.2 Å². The summed E-state index contributed by atoms with van der Waals surface area (Å²) in [5.74, 6) is 2.57. The van der Waals surface area contributed by atoms with Crippen LogP contribution in [-0.4, -0.2) is 67.0 Å². The Morgan fingerprint density at radius 2 is 1.48 bits per heavy atom. The zero-order valence-corrected chi connectivity index (χ0v) is 19.2. The van der Waals surface area contributed by atoms with Crippen molar-refractivity contribution in [3.8, 4) is 0 Å². The predicted molar refractivity (Wildman–Crippen MR) is 120 cm³/mol. The Balaban J connectivity index is 3.56. The van der Waals surface area contributed by atoms with Gasteiger partial charge in [-0.1, -0.05) is 35.4 Å². The van der Waals surface area contributed by atoms with Crippen molar-refractivity contribution in [3.63, 3.8) is 0 Å². The van der Waals surface area contributed by atoms with Crippen LogP contribution in [0.25, 0.3) is 0 Å². The van der Waals surface area contributed by atoms with Gasteiger partial charge in [-0.2, -0.15) is 0 Å². The first-order chi connectivity index (χ1) is 12.9. The Kier molecular flexibility index (Phi) is 17.4. The number of hydrogen-bond donors (Lipinski definition) is 3. The fourth-order valence-electron chi connectivity index (χ4n) is 2.35. The molecule has 4 N–H and O–H groups in total. The highest BCUT2D eigenvalue weighted by molar-refractivity contribution is 8.76. The van der Waals surface area contributed by atoms with Gasteiger partial charge in [-0.15, -0.1) is 0 Å². The third-order valence-corrected chi connectivity index (χ3v) is 6.46. The molecule has 0 aliphatic rings. The summed E-state index contributed by atoms with van der Waals surface area (Å²) < 4.78 is 0. The van der Waals surface area contributed by atoms with Crippen LogP contribution in [0.4, 0.5) is 0 Å². The van der Waals surface area contributed by atoms with E-state index in [4.69, 9.17) is 5.73 Å². The molecule has 0 heterocycles. The van der Waals surface area contributed by atoms with E-state index < -0.39 is 0 Å². The van der Waals surface area contributed by atoms with Crippen LogP contribution in [-0.2, 0) is 9.59 Å². The van der Waals surface area contributed by atoms with Gasteiger partial charge in [0.1, 0.15) is 0 Å². The number of rotatable bonds is 17. The van der Waals surface area contributed by atoms with Crippen LogP contribution in [0, 0.1) is 5.92 Å². The lowest BCUT2D eigenvalue weighted by atomic mass is 10.1. The summed E-state index contributed by atoms with van der Waals surface area (Å²) in [5, 5.41) is 5.92. The van der Waals surface area contributed by atoms with Crippen molar-refractivity contribution in [2.45, 2.75) is 59.4 Å². The van der Waals surface area contributed by atoms with Gasteiger partial charge in [0.25, 0.3) is 0 Å². The molecule has 0 spiro atoms. The number of hydrogen-bond acceptors (Lipinski definition) is 6. The first-order valence-corrected chi connectivity index (χ1v) is 12.6. The molecular weight excluding hydrogens is 380 g/mol. The molecule has 0 saturated carbocycles. The zero-order chi connectivity index (χ0) is 20.5. The summed E-state index contributed by atoms with van der Waals surface area (Å²) >= 11 is 0. The van der Waals surface area contributed by atoms with Crippen molar-refractivity contribution in [2.24, 2.45) is 11.7 Å². The lowest BCUT2D eigenvalue weighted by Crippen LogP contribution is -2.37. The third kappa shape index (κ3) is 17.4. The van der Waals surface area contributed by atoms with Crippen LogP contribution in [0.2, 0.25) is 0 Å². The maximum atomic E-state index is 11.9. The molecule has 0 aromatic heterocycles. The molecule has 0 aromatic carbocycles. The Labute approximate surface area is 173 Å². The lowest BCUT2D eigenvalue weighted by molar-refractivity contribution is -0.122. The largest absolute Gasteiger partial charge is 0.355 e. The van der Waals surface area contributed by atoms with E-state index in [-0.39, 0.29) is 11.8 Å². The van der Waals surface area contributed by atoms with Crippen molar-refractivity contribution < 1.29 is 9.59 Å². The molecular formula is C19H40N4O2S2. The van der Waals surface area contributed by atoms with Crippen LogP contribution in [0.15, 0.2) is 0 Å². The second-order valence-corrected chi connectivity index (χ2v) is 10.0. The minimum Gasteiger partial charge on any atom is -0.355 e. The number of carbonyl (C=O) groups is 2. The van der Waals surface area contributed by atoms with E-state index in [1.54, 1.807) is 21.6 Å². The van der Waals surface area contributed by atoms with Gasteiger partial charge >= 0.3 is 0 Å². The smallest absolute Gasteiger partial charge is 0.221 e. The zero-order valence-electron chi connectivity index (χ0n) is 17.6. The van der Waals surface area contributed by atoms with Gasteiger partial charge in [0.2, 0.25) is 11.8 Å². The molecule has 0 radical (unpaired) electrons. The summed E-state index contributed by atoms with van der Waals surface area (Å²) in [6, 6.07) is 0.433. The van der Waals surface area contributed by atoms with Crippen molar-refractivity contribution in [3.05, 3.63) is 0 Å². The molecule has 0 rings (SSSR count). The standard InChI is InChI=1S/C19H40N4O2S2/c1-16(2)6-7-18(24)21-10-14-26-27-15-11-22-19(25)8-13-23(17(3)4)12-5-9-20/h16-17H,5-15,20H2,1-4H3,(H,21,24)(H,22,25). The van der Waals surface area contributed by atoms with Gasteiger partial charge in [0.15, 0.2) is 0 Å². The van der Waals surface area contributed by atoms with E-state index in [2.05, 4.69) is 43.2 Å². The molecule has 27 heavy (non-hydrogen) atoms. The predicted octanol–water partition coefficient (Wildman–Crippen LogP) is 2.49. The average Bonchev–Trinajstić information content (AvgIpc) is 2.61. The molecule has 0 aliphatic carbocycles. The van der Waals surface area contributed by atoms with E-state index in [9.17, 15) is 9.59 Å². The summed E-state index contributed by atoms with van der Waals surface area (Å²) in [5.41, 5.74) is 5.57. The summed E-state index contributed by atoms with van der Waals surface area (Å²) in [6.45, 7) is 12.3. The number of amides is 2. The van der Waals surface area contributed by atoms with Gasteiger partial charge in [0, 0.05) is 50.0 Å². The van der Waals surface area contributed by atoms with Crippen LogP contribution in [0.1, 0.15) is 53.4 Å². The molecule has 0 saturated heterocycles. The van der Waals surface area contributed by atoms with Crippen molar-refractivity contribution in [1.82, 2.24) is 15.5 Å². The number of nitrogens with two attached hydrogens (primary N) is 1. The van der Waals surface area contributed by atoms with Gasteiger partial charge in [0.05, 0.1) is 0 Å². The first kappa shape index (κ1) is 26.6. The number of nitrogens with zero attached hydrogens (tertiary/aromatic N) is 1. The average molecular weight is 421 g/mol. The van der Waals surface area contributed by atoms with Gasteiger partial charge < -0.3 is 21.3 Å². The first-order valence-electron chi connectivity index (χ1n) is 10.1. The number of carbonyl (C=O) groups excluding carboxylic acids is 2. The minimum atomic E-state index is 0.108. The van der Waals surface area contributed by atoms with E-state index in [0.717, 1.165) is 37.4 Å². The summed E-state index contributed by atoms with van der Waals surface area (Å²) in [6.07, 6.45) is 3.05. The normalized spacial score (nSPS) is 11.4. The fourth-order valence-corrected chi connectivity index (χ4v) is 4.16. The van der Waals surface area contributed by atoms with Crippen molar-refractivity contribution >= 4 is 33.4 Å². The molecule has 0 aliphatic heterocycles. The van der Waals surface area contributed by atoms with Crippen LogP contribution in [0.3, 0.4) is 0 Å². The molecule has 0 unspecified atom stereocenters. The maximum Gasteiger partial charge on any atom is 0.221 e. The second kappa shape index (κ2) is 17.6. The Bertz CT molecular complexity index is 396. The lowest BCUT2D eigenvalue weighted by Gasteiger charge is -2.25. The quantitative estimate of drug-likeness (QED) is 0.247. The molecule has 8 heteroatoms. The highest BCUT2D eigenvalue weighted by atomic mass is 33.1. The molecule has 0 atom stereocenters. The Morgan fingerprint density at radius 3 is 1.96 bits per heavy atom. The van der Waals surface area contributed by atoms with Crippen LogP contribution in [0.5, 0.6) is 0 Å². The highest BCUT2D eigenvalue weighted by Gasteiger charge is 2.11. The minimum absolute atomic E-state index is 0.108. The van der Waals surface area contributed by atoms with Crippen LogP contribution < -0.4 is 16.4 Å². The van der Waals surface area contributed by atoms with E-state index in [1.165, 1.54) is 0 Å². The third-order valence-electron chi connectivity index (χ3n) is 4.05. The van der Waals surface area contributed by atoms with Crippen LogP contribution >= 0.6 is 21.6 Å². The Morgan fingerprint density at radius 1 is 0.926 bits per heavy atom. The van der Waals surface area contributed by atoms with Crippen molar-refractivity contribution in [1.29, 1.82) is 0 Å². The SMILES string of the molecule is CC(C)CCC(=O)NCCSSCCNC(=O)CCN(CCCN)C(C)C. The van der Waals surface area contributed by atoms with E-state index in [1.807, 2.05) is 0 Å². The molecule has 0 bridgehead atoms. The molecule has 0 fully saturated rings. The van der Waals surface area contributed by atoms with Gasteiger partial charge in [-0.05, 0) is 45.7 Å². The van der Waals surface area contributed by atoms with E-state index in [0.29, 0.717) is 44.4 Å². The fraction of sp³-hybridized carbons (Fsp3) is 0.895.